The molecule has 0 aromatic heterocycles. The number of ketones is 1. The van der Waals surface area contributed by atoms with E-state index in [1.807, 2.05) is 25.1 Å². The molecule has 0 bridgehead atoms. The molecule has 1 fully saturated rings. The third-order valence-electron chi connectivity index (χ3n) is 3.43. The summed E-state index contributed by atoms with van der Waals surface area (Å²) in [7, 11) is 0. The van der Waals surface area contributed by atoms with E-state index in [2.05, 4.69) is 0 Å². The minimum Gasteiger partial charge on any atom is -0.393 e. The quantitative estimate of drug-likeness (QED) is 0.817. The summed E-state index contributed by atoms with van der Waals surface area (Å²) < 4.78 is 0. The van der Waals surface area contributed by atoms with Gasteiger partial charge in [0.15, 0.2) is 0 Å². The lowest BCUT2D eigenvalue weighted by atomic mass is 9.69. The van der Waals surface area contributed by atoms with Gasteiger partial charge in [0.1, 0.15) is 5.78 Å². The van der Waals surface area contributed by atoms with Crippen LogP contribution in [-0.2, 0) is 10.2 Å². The van der Waals surface area contributed by atoms with E-state index >= 15 is 0 Å². The first-order valence-electron chi connectivity index (χ1n) is 5.50. The molecule has 0 unspecified atom stereocenters. The molecule has 1 N–H and O–H groups in total. The Morgan fingerprint density at radius 2 is 2.12 bits per heavy atom. The van der Waals surface area contributed by atoms with Crippen LogP contribution in [0.15, 0.2) is 24.3 Å². The predicted octanol–water partition coefficient (Wildman–Crippen LogP) is 2.71. The van der Waals surface area contributed by atoms with Gasteiger partial charge in [-0.1, -0.05) is 29.8 Å². The summed E-state index contributed by atoms with van der Waals surface area (Å²) in [5, 5.41) is 10.3. The Morgan fingerprint density at radius 3 is 2.81 bits per heavy atom. The van der Waals surface area contributed by atoms with E-state index in [0.717, 1.165) is 5.56 Å². The van der Waals surface area contributed by atoms with Crippen molar-refractivity contribution in [2.75, 3.05) is 0 Å². The summed E-state index contributed by atoms with van der Waals surface area (Å²) >= 11 is 6.13. The minimum absolute atomic E-state index is 0.172. The summed E-state index contributed by atoms with van der Waals surface area (Å²) in [4.78, 5) is 12.0. The minimum atomic E-state index is -0.629. The van der Waals surface area contributed by atoms with Gasteiger partial charge in [-0.15, -0.1) is 0 Å². The Morgan fingerprint density at radius 1 is 1.44 bits per heavy atom. The number of hydrogen-bond donors (Lipinski definition) is 1. The molecule has 1 aromatic rings. The molecule has 2 atom stereocenters. The first-order chi connectivity index (χ1) is 7.54. The molecule has 1 aliphatic carbocycles. The highest BCUT2D eigenvalue weighted by Gasteiger charge is 2.41. The van der Waals surface area contributed by atoms with Gasteiger partial charge in [0.05, 0.1) is 11.5 Å². The largest absolute Gasteiger partial charge is 0.393 e. The van der Waals surface area contributed by atoms with Crippen LogP contribution in [0.25, 0.3) is 0 Å². The molecule has 16 heavy (non-hydrogen) atoms. The molecule has 2 rings (SSSR count). The third-order valence-corrected chi connectivity index (χ3v) is 3.76. The van der Waals surface area contributed by atoms with Gasteiger partial charge in [-0.05, 0) is 31.4 Å². The number of benzene rings is 1. The molecule has 0 amide bonds. The molecule has 0 saturated heterocycles. The van der Waals surface area contributed by atoms with E-state index in [1.54, 1.807) is 6.07 Å². The molecule has 0 spiro atoms. The first kappa shape index (κ1) is 11.6. The van der Waals surface area contributed by atoms with Crippen molar-refractivity contribution in [2.24, 2.45) is 0 Å². The lowest BCUT2D eigenvalue weighted by molar-refractivity contribution is -0.128. The van der Waals surface area contributed by atoms with Crippen molar-refractivity contribution in [2.45, 2.75) is 37.7 Å². The summed E-state index contributed by atoms with van der Waals surface area (Å²) in [6, 6.07) is 7.38. The number of carbonyl (C=O) groups excluding carboxylic acids is 1. The van der Waals surface area contributed by atoms with Crippen LogP contribution in [0.3, 0.4) is 0 Å². The monoisotopic (exact) mass is 238 g/mol. The van der Waals surface area contributed by atoms with Crippen LogP contribution in [0.5, 0.6) is 0 Å². The Kier molecular flexibility index (Phi) is 3.04. The summed E-state index contributed by atoms with van der Waals surface area (Å²) in [6.07, 6.45) is 1.07. The van der Waals surface area contributed by atoms with Gasteiger partial charge in [-0.2, -0.15) is 0 Å². The Bertz CT molecular complexity index is 416. The number of aliphatic hydroxyl groups excluding tert-OH is 1. The van der Waals surface area contributed by atoms with Crippen molar-refractivity contribution in [3.8, 4) is 0 Å². The SMILES string of the molecule is C[C@@]1(c2ccccc2Cl)C[C@H](O)CCC1=O. The molecule has 1 aromatic carbocycles. The van der Waals surface area contributed by atoms with Gasteiger partial charge >= 0.3 is 0 Å². The van der Waals surface area contributed by atoms with Gasteiger partial charge < -0.3 is 5.11 Å². The van der Waals surface area contributed by atoms with Gasteiger partial charge in [-0.25, -0.2) is 0 Å². The predicted molar refractivity (Wildman–Crippen MR) is 63.7 cm³/mol. The number of carbonyl (C=O) groups is 1. The fourth-order valence-electron chi connectivity index (χ4n) is 2.43. The summed E-state index contributed by atoms with van der Waals surface area (Å²) in [6.45, 7) is 1.87. The molecule has 0 aliphatic heterocycles. The van der Waals surface area contributed by atoms with Crippen LogP contribution >= 0.6 is 11.6 Å². The second kappa shape index (κ2) is 4.19. The van der Waals surface area contributed by atoms with Crippen LogP contribution in [0.4, 0.5) is 0 Å². The average Bonchev–Trinajstić information content (AvgIpc) is 2.24. The van der Waals surface area contributed by atoms with Crippen molar-refractivity contribution in [1.29, 1.82) is 0 Å². The lowest BCUT2D eigenvalue weighted by Gasteiger charge is -2.35. The highest BCUT2D eigenvalue weighted by Crippen LogP contribution is 2.39. The topological polar surface area (TPSA) is 37.3 Å². The molecule has 1 saturated carbocycles. The number of halogens is 1. The zero-order chi connectivity index (χ0) is 11.8. The number of hydrogen-bond acceptors (Lipinski definition) is 2. The zero-order valence-corrected chi connectivity index (χ0v) is 10.00. The van der Waals surface area contributed by atoms with E-state index in [9.17, 15) is 9.90 Å². The van der Waals surface area contributed by atoms with E-state index < -0.39 is 11.5 Å². The molecule has 2 nitrogen and oxygen atoms in total. The number of Topliss-reactive ketones (excluding diaryl/α,β-unsaturated/α-hetero) is 1. The summed E-state index contributed by atoms with van der Waals surface area (Å²) in [5.74, 6) is 0.172. The van der Waals surface area contributed by atoms with E-state index in [-0.39, 0.29) is 5.78 Å². The Balaban J connectivity index is 2.44. The molecule has 1 aliphatic rings. The highest BCUT2D eigenvalue weighted by molar-refractivity contribution is 6.31. The van der Waals surface area contributed by atoms with Crippen LogP contribution in [0.1, 0.15) is 31.7 Å². The van der Waals surface area contributed by atoms with E-state index in [0.29, 0.717) is 24.3 Å². The first-order valence-corrected chi connectivity index (χ1v) is 5.88. The van der Waals surface area contributed by atoms with Crippen molar-refractivity contribution < 1.29 is 9.90 Å². The normalized spacial score (nSPS) is 30.4. The smallest absolute Gasteiger partial charge is 0.143 e. The fraction of sp³-hybridized carbons (Fsp3) is 0.462. The van der Waals surface area contributed by atoms with Crippen LogP contribution in [-0.4, -0.2) is 17.0 Å². The molecule has 86 valence electrons. The van der Waals surface area contributed by atoms with Gasteiger partial charge in [0.25, 0.3) is 0 Å². The van der Waals surface area contributed by atoms with Crippen molar-refractivity contribution >= 4 is 17.4 Å². The molecule has 0 radical (unpaired) electrons. The Hall–Kier alpha value is -0.860. The fourth-order valence-corrected chi connectivity index (χ4v) is 2.77. The van der Waals surface area contributed by atoms with Crippen molar-refractivity contribution in [1.82, 2.24) is 0 Å². The van der Waals surface area contributed by atoms with Gasteiger partial charge in [-0.3, -0.25) is 4.79 Å². The van der Waals surface area contributed by atoms with Crippen molar-refractivity contribution in [3.63, 3.8) is 0 Å². The molecule has 0 heterocycles. The highest BCUT2D eigenvalue weighted by atomic mass is 35.5. The van der Waals surface area contributed by atoms with Gasteiger partial charge in [0, 0.05) is 11.4 Å². The van der Waals surface area contributed by atoms with Crippen LogP contribution in [0.2, 0.25) is 5.02 Å². The second-order valence-corrected chi connectivity index (χ2v) is 5.04. The molecular weight excluding hydrogens is 224 g/mol. The van der Waals surface area contributed by atoms with Gasteiger partial charge in [0.2, 0.25) is 0 Å². The summed E-state index contributed by atoms with van der Waals surface area (Å²) in [5.41, 5.74) is 0.205. The Labute approximate surface area is 100 Å². The molecular formula is C13H15ClO2. The van der Waals surface area contributed by atoms with E-state index in [1.165, 1.54) is 0 Å². The standard InChI is InChI=1S/C13H15ClO2/c1-13(8-9(15)6-7-12(13)16)10-4-2-3-5-11(10)14/h2-5,9,15H,6-8H2,1H3/t9-,13+/m1/s1. The number of aliphatic hydroxyl groups is 1. The van der Waals surface area contributed by atoms with Crippen molar-refractivity contribution in [3.05, 3.63) is 34.9 Å². The maximum atomic E-state index is 12.0. The maximum absolute atomic E-state index is 12.0. The third kappa shape index (κ3) is 1.87. The number of rotatable bonds is 1. The zero-order valence-electron chi connectivity index (χ0n) is 9.24. The second-order valence-electron chi connectivity index (χ2n) is 4.63. The van der Waals surface area contributed by atoms with Crippen LogP contribution in [0, 0.1) is 0 Å². The lowest BCUT2D eigenvalue weighted by Crippen LogP contribution is -2.41. The van der Waals surface area contributed by atoms with E-state index in [4.69, 9.17) is 11.6 Å². The molecule has 3 heteroatoms. The maximum Gasteiger partial charge on any atom is 0.143 e. The van der Waals surface area contributed by atoms with Crippen LogP contribution < -0.4 is 0 Å². The average molecular weight is 239 g/mol.